The fourth-order valence-corrected chi connectivity index (χ4v) is 4.00. The van der Waals surface area contributed by atoms with Crippen LogP contribution in [0.3, 0.4) is 0 Å². The van der Waals surface area contributed by atoms with Crippen molar-refractivity contribution >= 4 is 17.5 Å². The van der Waals surface area contributed by atoms with Gasteiger partial charge in [-0.2, -0.15) is 0 Å². The fourth-order valence-electron chi connectivity index (χ4n) is 4.00. The van der Waals surface area contributed by atoms with E-state index in [9.17, 15) is 4.79 Å². The number of nitrogens with zero attached hydrogens (tertiary/aromatic N) is 1. The molecule has 0 aliphatic heterocycles. The van der Waals surface area contributed by atoms with Gasteiger partial charge in [-0.05, 0) is 87.6 Å². The first-order valence-corrected chi connectivity index (χ1v) is 11.3. The normalized spacial score (nSPS) is 15.6. The number of carbonyl (C=O) groups is 1. The highest BCUT2D eigenvalue weighted by Crippen LogP contribution is 2.35. The number of carbonyl (C=O) groups excluding carboxylic acids is 1. The zero-order valence-corrected chi connectivity index (χ0v) is 19.9. The number of nitrogens with one attached hydrogen (secondary N) is 1. The highest BCUT2D eigenvalue weighted by Gasteiger charge is 2.23. The summed E-state index contributed by atoms with van der Waals surface area (Å²) < 4.78 is 16.1. The van der Waals surface area contributed by atoms with Crippen LogP contribution in [0.1, 0.15) is 50.7 Å². The van der Waals surface area contributed by atoms with Crippen molar-refractivity contribution in [3.05, 3.63) is 53.6 Å². The number of amides is 1. The maximum atomic E-state index is 12.1. The summed E-state index contributed by atoms with van der Waals surface area (Å²) >= 11 is 0. The summed E-state index contributed by atoms with van der Waals surface area (Å²) in [5.74, 6) is 1.15. The Morgan fingerprint density at radius 3 is 2.50 bits per heavy atom. The van der Waals surface area contributed by atoms with Crippen molar-refractivity contribution in [3.63, 3.8) is 0 Å². The topological polar surface area (TPSA) is 60.0 Å². The van der Waals surface area contributed by atoms with Gasteiger partial charge in [0.05, 0.1) is 6.61 Å². The van der Waals surface area contributed by atoms with Gasteiger partial charge in [0.2, 0.25) is 0 Å². The van der Waals surface area contributed by atoms with Gasteiger partial charge in [-0.15, -0.1) is 0 Å². The second kappa shape index (κ2) is 10.7. The molecule has 1 aliphatic rings. The van der Waals surface area contributed by atoms with Gasteiger partial charge in [0.1, 0.15) is 18.0 Å². The molecular weight excluding hydrogens is 404 g/mol. The van der Waals surface area contributed by atoms with E-state index in [0.717, 1.165) is 36.4 Å². The molecule has 32 heavy (non-hydrogen) atoms. The zero-order chi connectivity index (χ0) is 23.1. The molecule has 3 rings (SSSR count). The van der Waals surface area contributed by atoms with Crippen molar-refractivity contribution in [1.82, 2.24) is 5.32 Å². The molecule has 1 N–H and O–H groups in total. The smallest absolute Gasteiger partial charge is 0.407 e. The molecule has 1 amide bonds. The number of fused-ring (bicyclic) bond motifs is 1. The first-order valence-electron chi connectivity index (χ1n) is 11.3. The van der Waals surface area contributed by atoms with Crippen molar-refractivity contribution < 1.29 is 19.0 Å². The minimum atomic E-state index is -0.484. The number of hydrogen-bond acceptors (Lipinski definition) is 5. The first-order chi connectivity index (χ1) is 15.3. The summed E-state index contributed by atoms with van der Waals surface area (Å²) in [6.07, 6.45) is 2.90. The Labute approximate surface area is 191 Å². The third-order valence-corrected chi connectivity index (χ3v) is 5.62. The molecule has 2 aromatic rings. The number of aryl methyl sites for hydroxylation is 1. The molecular formula is C26H36N2O4. The molecule has 0 heterocycles. The zero-order valence-electron chi connectivity index (χ0n) is 19.9. The number of hydrogen-bond donors (Lipinski definition) is 1. The van der Waals surface area contributed by atoms with Gasteiger partial charge >= 0.3 is 6.09 Å². The van der Waals surface area contributed by atoms with E-state index in [1.54, 1.807) is 7.11 Å². The van der Waals surface area contributed by atoms with Crippen LogP contribution >= 0.6 is 0 Å². The third kappa shape index (κ3) is 6.63. The van der Waals surface area contributed by atoms with Crippen molar-refractivity contribution in [2.24, 2.45) is 0 Å². The molecule has 0 saturated heterocycles. The molecule has 0 spiro atoms. The molecule has 0 aromatic heterocycles. The van der Waals surface area contributed by atoms with E-state index < -0.39 is 5.60 Å². The highest BCUT2D eigenvalue weighted by atomic mass is 16.6. The molecule has 0 bridgehead atoms. The molecule has 0 saturated carbocycles. The molecule has 0 fully saturated rings. The van der Waals surface area contributed by atoms with E-state index in [1.165, 1.54) is 11.1 Å². The third-order valence-electron chi connectivity index (χ3n) is 5.62. The summed E-state index contributed by atoms with van der Waals surface area (Å²) in [6, 6.07) is 14.7. The molecule has 1 aliphatic carbocycles. The Balaban J connectivity index is 1.65. The average molecular weight is 441 g/mol. The molecule has 0 unspecified atom stereocenters. The number of anilines is 2. The van der Waals surface area contributed by atoms with Crippen LogP contribution in [-0.2, 0) is 15.9 Å². The van der Waals surface area contributed by atoms with Gasteiger partial charge in [0.25, 0.3) is 0 Å². The molecule has 0 radical (unpaired) electrons. The Kier molecular flexibility index (Phi) is 8.02. The van der Waals surface area contributed by atoms with Crippen LogP contribution in [0, 0.1) is 0 Å². The van der Waals surface area contributed by atoms with Crippen molar-refractivity contribution in [2.45, 2.75) is 51.6 Å². The number of rotatable bonds is 8. The first kappa shape index (κ1) is 23.9. The second-order valence-corrected chi connectivity index (χ2v) is 9.25. The number of methoxy groups -OCH3 is 1. The van der Waals surface area contributed by atoms with E-state index in [-0.39, 0.29) is 6.09 Å². The fraction of sp³-hybridized carbons (Fsp3) is 0.500. The van der Waals surface area contributed by atoms with Crippen molar-refractivity contribution in [2.75, 3.05) is 38.8 Å². The van der Waals surface area contributed by atoms with E-state index in [1.807, 2.05) is 32.9 Å². The summed E-state index contributed by atoms with van der Waals surface area (Å²) in [5, 5.41) is 2.95. The lowest BCUT2D eigenvalue weighted by Crippen LogP contribution is -2.35. The predicted molar refractivity (Wildman–Crippen MR) is 128 cm³/mol. The van der Waals surface area contributed by atoms with Crippen molar-refractivity contribution in [3.8, 4) is 5.75 Å². The van der Waals surface area contributed by atoms with Crippen LogP contribution in [0.4, 0.5) is 16.2 Å². The summed E-state index contributed by atoms with van der Waals surface area (Å²) in [6.45, 7) is 7.35. The lowest BCUT2D eigenvalue weighted by Gasteiger charge is -2.28. The van der Waals surface area contributed by atoms with E-state index in [0.29, 0.717) is 25.7 Å². The number of ether oxygens (including phenoxy) is 3. The predicted octanol–water partition coefficient (Wildman–Crippen LogP) is 5.42. The summed E-state index contributed by atoms with van der Waals surface area (Å²) in [4.78, 5) is 14.2. The van der Waals surface area contributed by atoms with Gasteiger partial charge in [0.15, 0.2) is 0 Å². The van der Waals surface area contributed by atoms with Crippen LogP contribution < -0.4 is 15.0 Å². The summed E-state index contributed by atoms with van der Waals surface area (Å²) in [7, 11) is 3.74. The second-order valence-electron chi connectivity index (χ2n) is 9.25. The van der Waals surface area contributed by atoms with Gasteiger partial charge in [0, 0.05) is 38.0 Å². The van der Waals surface area contributed by atoms with E-state index >= 15 is 0 Å². The van der Waals surface area contributed by atoms with Gasteiger partial charge in [-0.25, -0.2) is 4.79 Å². The molecule has 1 atom stereocenters. The minimum absolute atomic E-state index is 0.314. The summed E-state index contributed by atoms with van der Waals surface area (Å²) in [5.41, 5.74) is 4.45. The molecule has 6 heteroatoms. The lowest BCUT2D eigenvalue weighted by molar-refractivity contribution is 0.0523. The standard InChI is InChI=1S/C26H36N2O4/c1-26(2,3)32-25(29)27-18-20-8-6-7-19-17-22(11-14-24(19)20)28(4)21-9-12-23(13-10-21)31-16-15-30-5/h9-14,17,20H,6-8,15-16,18H2,1-5H3,(H,27,29)/t20-/m0/s1. The molecule has 174 valence electrons. The molecule has 6 nitrogen and oxygen atoms in total. The Bertz CT molecular complexity index is 890. The maximum Gasteiger partial charge on any atom is 0.407 e. The number of benzene rings is 2. The van der Waals surface area contributed by atoms with Crippen LogP contribution in [0.15, 0.2) is 42.5 Å². The Morgan fingerprint density at radius 1 is 1.09 bits per heavy atom. The van der Waals surface area contributed by atoms with Gasteiger partial charge < -0.3 is 24.4 Å². The van der Waals surface area contributed by atoms with Gasteiger partial charge in [-0.1, -0.05) is 6.07 Å². The Hall–Kier alpha value is -2.73. The monoisotopic (exact) mass is 440 g/mol. The SMILES string of the molecule is COCCOc1ccc(N(C)c2ccc3c(c2)CCC[C@H]3CNC(=O)OC(C)(C)C)cc1. The van der Waals surface area contributed by atoms with Gasteiger partial charge in [-0.3, -0.25) is 0 Å². The quantitative estimate of drug-likeness (QED) is 0.555. The molecule has 2 aromatic carbocycles. The van der Waals surface area contributed by atoms with Crippen molar-refractivity contribution in [1.29, 1.82) is 0 Å². The highest BCUT2D eigenvalue weighted by molar-refractivity contribution is 5.68. The van der Waals surface area contributed by atoms with Crippen LogP contribution in [0.2, 0.25) is 0 Å². The Morgan fingerprint density at radius 2 is 1.81 bits per heavy atom. The van der Waals surface area contributed by atoms with Crippen LogP contribution in [0.25, 0.3) is 0 Å². The average Bonchev–Trinajstić information content (AvgIpc) is 2.76. The van der Waals surface area contributed by atoms with E-state index in [2.05, 4.69) is 47.6 Å². The minimum Gasteiger partial charge on any atom is -0.491 e. The van der Waals surface area contributed by atoms with Crippen LogP contribution in [0.5, 0.6) is 5.75 Å². The largest absolute Gasteiger partial charge is 0.491 e. The number of alkyl carbamates (subject to hydrolysis) is 1. The van der Waals surface area contributed by atoms with Crippen LogP contribution in [-0.4, -0.2) is 45.6 Å². The van der Waals surface area contributed by atoms with E-state index in [4.69, 9.17) is 14.2 Å². The maximum absolute atomic E-state index is 12.1. The lowest BCUT2D eigenvalue weighted by atomic mass is 9.82.